The van der Waals surface area contributed by atoms with Gasteiger partial charge >= 0.3 is 6.09 Å². The Morgan fingerprint density at radius 2 is 2.00 bits per heavy atom. The maximum atomic E-state index is 11.7. The Hall–Kier alpha value is -0.850. The third kappa shape index (κ3) is 9.23. The molecule has 0 rings (SSSR count). The van der Waals surface area contributed by atoms with Gasteiger partial charge in [-0.1, -0.05) is 6.92 Å². The van der Waals surface area contributed by atoms with E-state index in [-0.39, 0.29) is 12.1 Å². The number of carbonyl (C=O) groups is 1. The molecule has 0 saturated carbocycles. The molecule has 0 radical (unpaired) electrons. The van der Waals surface area contributed by atoms with E-state index in [1.54, 1.807) is 7.11 Å². The van der Waals surface area contributed by atoms with Crippen molar-refractivity contribution < 1.29 is 14.3 Å². The van der Waals surface area contributed by atoms with Gasteiger partial charge in [-0.2, -0.15) is 0 Å². The van der Waals surface area contributed by atoms with Crippen LogP contribution in [-0.4, -0.2) is 62.0 Å². The predicted octanol–water partition coefficient (Wildman–Crippen LogP) is 1.98. The van der Waals surface area contributed by atoms with Crippen LogP contribution in [0.3, 0.4) is 0 Å². The fraction of sp³-hybridized carbons (Fsp3) is 0.938. The van der Waals surface area contributed by atoms with E-state index in [9.17, 15) is 4.79 Å². The number of ether oxygens (including phenoxy) is 2. The van der Waals surface area contributed by atoms with Gasteiger partial charge in [-0.3, -0.25) is 4.90 Å². The van der Waals surface area contributed by atoms with Crippen LogP contribution in [-0.2, 0) is 9.47 Å². The van der Waals surface area contributed by atoms with Crippen LogP contribution in [0.4, 0.5) is 4.79 Å². The number of nitrogens with one attached hydrogen (secondary N) is 1. The number of nitrogens with two attached hydrogens (primary N) is 1. The van der Waals surface area contributed by atoms with E-state index in [0.29, 0.717) is 25.7 Å². The minimum atomic E-state index is -0.474. The second-order valence-electron chi connectivity index (χ2n) is 6.59. The molecule has 0 aliphatic heterocycles. The highest BCUT2D eigenvalue weighted by atomic mass is 16.6. The lowest BCUT2D eigenvalue weighted by molar-refractivity contribution is 0.0512. The Morgan fingerprint density at radius 3 is 2.45 bits per heavy atom. The zero-order valence-electron chi connectivity index (χ0n) is 15.1. The van der Waals surface area contributed by atoms with E-state index in [2.05, 4.69) is 24.1 Å². The third-order valence-electron chi connectivity index (χ3n) is 3.60. The molecule has 6 nitrogen and oxygen atoms in total. The number of amides is 1. The molecule has 0 aliphatic carbocycles. The molecule has 0 heterocycles. The molecule has 2 atom stereocenters. The summed E-state index contributed by atoms with van der Waals surface area (Å²) in [5.74, 6) is 0. The highest BCUT2D eigenvalue weighted by Gasteiger charge is 2.22. The van der Waals surface area contributed by atoms with Gasteiger partial charge in [0.05, 0.1) is 6.61 Å². The van der Waals surface area contributed by atoms with E-state index in [1.807, 2.05) is 20.8 Å². The van der Waals surface area contributed by atoms with Gasteiger partial charge in [-0.15, -0.1) is 0 Å². The van der Waals surface area contributed by atoms with Crippen molar-refractivity contribution in [3.63, 3.8) is 0 Å². The summed E-state index contributed by atoms with van der Waals surface area (Å²) in [6, 6.07) is 0.658. The number of hydrogen-bond acceptors (Lipinski definition) is 5. The first-order valence-electron chi connectivity index (χ1n) is 8.16. The first-order valence-corrected chi connectivity index (χ1v) is 8.16. The molecule has 0 aromatic carbocycles. The second kappa shape index (κ2) is 10.8. The highest BCUT2D eigenvalue weighted by molar-refractivity contribution is 5.67. The van der Waals surface area contributed by atoms with Gasteiger partial charge in [0.15, 0.2) is 0 Å². The summed E-state index contributed by atoms with van der Waals surface area (Å²) in [6.45, 7) is 12.6. The molecule has 0 bridgehead atoms. The van der Waals surface area contributed by atoms with Crippen LogP contribution in [0.15, 0.2) is 0 Å². The van der Waals surface area contributed by atoms with Gasteiger partial charge in [0.1, 0.15) is 5.60 Å². The Labute approximate surface area is 135 Å². The molecule has 0 aliphatic rings. The quantitative estimate of drug-likeness (QED) is 0.644. The van der Waals surface area contributed by atoms with E-state index >= 15 is 0 Å². The topological polar surface area (TPSA) is 76.8 Å². The van der Waals surface area contributed by atoms with Gasteiger partial charge in [-0.05, 0) is 40.5 Å². The standard InChI is InChI=1S/C16H35N3O3/c1-7-13(2)19(10-11-21-6)14(12-17)8-9-18-15(20)22-16(3,4)5/h13-14H,7-12,17H2,1-6H3,(H,18,20). The molecular formula is C16H35N3O3. The Balaban J connectivity index is 4.39. The van der Waals surface area contributed by atoms with Crippen molar-refractivity contribution in [1.82, 2.24) is 10.2 Å². The Kier molecular flexibility index (Phi) is 10.4. The van der Waals surface area contributed by atoms with E-state index in [4.69, 9.17) is 15.2 Å². The summed E-state index contributed by atoms with van der Waals surface area (Å²) in [5, 5.41) is 2.80. The molecule has 0 spiro atoms. The van der Waals surface area contributed by atoms with Crippen molar-refractivity contribution in [3.05, 3.63) is 0 Å². The van der Waals surface area contributed by atoms with Crippen LogP contribution in [0.2, 0.25) is 0 Å². The monoisotopic (exact) mass is 317 g/mol. The molecule has 6 heteroatoms. The minimum absolute atomic E-state index is 0.222. The fourth-order valence-electron chi connectivity index (χ4n) is 2.27. The Morgan fingerprint density at radius 1 is 1.36 bits per heavy atom. The lowest BCUT2D eigenvalue weighted by Gasteiger charge is -2.35. The molecule has 0 aromatic heterocycles. The number of carbonyl (C=O) groups excluding carboxylic acids is 1. The lowest BCUT2D eigenvalue weighted by Crippen LogP contribution is -2.48. The van der Waals surface area contributed by atoms with Crippen LogP contribution >= 0.6 is 0 Å². The summed E-state index contributed by atoms with van der Waals surface area (Å²) < 4.78 is 10.4. The third-order valence-corrected chi connectivity index (χ3v) is 3.60. The normalized spacial score (nSPS) is 14.7. The SMILES string of the molecule is CCC(C)N(CCOC)C(CN)CCNC(=O)OC(C)(C)C. The number of rotatable bonds is 10. The number of methoxy groups -OCH3 is 1. The van der Waals surface area contributed by atoms with Crippen LogP contribution in [0.25, 0.3) is 0 Å². The number of alkyl carbamates (subject to hydrolysis) is 1. The highest BCUT2D eigenvalue weighted by Crippen LogP contribution is 2.11. The number of hydrogen-bond donors (Lipinski definition) is 2. The minimum Gasteiger partial charge on any atom is -0.444 e. The molecule has 0 fully saturated rings. The average molecular weight is 317 g/mol. The van der Waals surface area contributed by atoms with Crippen LogP contribution < -0.4 is 11.1 Å². The molecule has 132 valence electrons. The van der Waals surface area contributed by atoms with Crippen LogP contribution in [0.1, 0.15) is 47.5 Å². The summed E-state index contributed by atoms with van der Waals surface area (Å²) >= 11 is 0. The summed E-state index contributed by atoms with van der Waals surface area (Å²) in [4.78, 5) is 14.0. The van der Waals surface area contributed by atoms with Crippen LogP contribution in [0, 0.1) is 0 Å². The maximum absolute atomic E-state index is 11.7. The summed E-state index contributed by atoms with van der Waals surface area (Å²) in [6.07, 6.45) is 1.47. The smallest absolute Gasteiger partial charge is 0.407 e. The van der Waals surface area contributed by atoms with E-state index < -0.39 is 5.60 Å². The van der Waals surface area contributed by atoms with Crippen molar-refractivity contribution in [2.75, 3.05) is 33.4 Å². The molecule has 22 heavy (non-hydrogen) atoms. The lowest BCUT2D eigenvalue weighted by atomic mass is 10.1. The summed E-state index contributed by atoms with van der Waals surface area (Å²) in [5.41, 5.74) is 5.46. The average Bonchev–Trinajstić information content (AvgIpc) is 2.43. The van der Waals surface area contributed by atoms with Crippen molar-refractivity contribution in [2.24, 2.45) is 5.73 Å². The van der Waals surface area contributed by atoms with E-state index in [0.717, 1.165) is 19.4 Å². The molecule has 0 aromatic rings. The second-order valence-corrected chi connectivity index (χ2v) is 6.59. The molecule has 1 amide bonds. The predicted molar refractivity (Wildman–Crippen MR) is 90.0 cm³/mol. The van der Waals surface area contributed by atoms with Gasteiger partial charge < -0.3 is 20.5 Å². The van der Waals surface area contributed by atoms with Crippen LogP contribution in [0.5, 0.6) is 0 Å². The largest absolute Gasteiger partial charge is 0.444 e. The van der Waals surface area contributed by atoms with Gasteiger partial charge in [0, 0.05) is 38.8 Å². The van der Waals surface area contributed by atoms with Gasteiger partial charge in [0.2, 0.25) is 0 Å². The molecule has 3 N–H and O–H groups in total. The molecular weight excluding hydrogens is 282 g/mol. The van der Waals surface area contributed by atoms with Gasteiger partial charge in [0.25, 0.3) is 0 Å². The van der Waals surface area contributed by atoms with E-state index in [1.165, 1.54) is 0 Å². The van der Waals surface area contributed by atoms with Crippen molar-refractivity contribution in [2.45, 2.75) is 65.1 Å². The first kappa shape index (κ1) is 21.1. The number of nitrogens with zero attached hydrogens (tertiary/aromatic N) is 1. The van der Waals surface area contributed by atoms with Crippen molar-refractivity contribution in [3.8, 4) is 0 Å². The van der Waals surface area contributed by atoms with Crippen molar-refractivity contribution >= 4 is 6.09 Å². The maximum Gasteiger partial charge on any atom is 0.407 e. The molecule has 0 saturated heterocycles. The Bertz CT molecular complexity index is 306. The zero-order chi connectivity index (χ0) is 17.2. The summed E-state index contributed by atoms with van der Waals surface area (Å²) in [7, 11) is 1.70. The fourth-order valence-corrected chi connectivity index (χ4v) is 2.27. The van der Waals surface area contributed by atoms with Crippen molar-refractivity contribution in [1.29, 1.82) is 0 Å². The molecule has 2 unspecified atom stereocenters. The van der Waals surface area contributed by atoms with Gasteiger partial charge in [-0.25, -0.2) is 4.79 Å². The first-order chi connectivity index (χ1) is 10.2. The zero-order valence-corrected chi connectivity index (χ0v) is 15.1.